The maximum atomic E-state index is 11.8. The number of guanidine groups is 1. The predicted octanol–water partition coefficient (Wildman–Crippen LogP) is 3.51. The van der Waals surface area contributed by atoms with Crippen LogP contribution < -0.4 is 10.6 Å². The minimum Gasteiger partial charge on any atom is -0.352 e. The van der Waals surface area contributed by atoms with Crippen LogP contribution in [-0.2, 0) is 11.3 Å². The number of amides is 1. The van der Waals surface area contributed by atoms with Gasteiger partial charge < -0.3 is 15.5 Å². The molecule has 0 aromatic heterocycles. The van der Waals surface area contributed by atoms with Crippen molar-refractivity contribution in [2.45, 2.75) is 42.1 Å². The van der Waals surface area contributed by atoms with Crippen LogP contribution in [-0.4, -0.2) is 42.9 Å². The average Bonchev–Trinajstić information content (AvgIpc) is 3.21. The lowest BCUT2D eigenvalue weighted by molar-refractivity contribution is -0.129. The van der Waals surface area contributed by atoms with E-state index in [9.17, 15) is 4.79 Å². The summed E-state index contributed by atoms with van der Waals surface area (Å²) in [5.41, 5.74) is 1.20. The molecular weight excluding hydrogens is 368 g/mol. The number of carbonyl (C=O) groups is 1. The van der Waals surface area contributed by atoms with Gasteiger partial charge in [0.1, 0.15) is 0 Å². The molecule has 1 aliphatic rings. The van der Waals surface area contributed by atoms with Crippen molar-refractivity contribution >= 4 is 23.6 Å². The number of rotatable bonds is 6. The zero-order valence-electron chi connectivity index (χ0n) is 16.5. The van der Waals surface area contributed by atoms with E-state index in [0.717, 1.165) is 25.5 Å². The third-order valence-corrected chi connectivity index (χ3v) is 5.79. The number of carbonyl (C=O) groups excluding carboxylic acids is 1. The zero-order chi connectivity index (χ0) is 19.8. The Morgan fingerprint density at radius 1 is 1.14 bits per heavy atom. The van der Waals surface area contributed by atoms with Crippen molar-refractivity contribution in [2.24, 2.45) is 4.99 Å². The fourth-order valence-corrected chi connectivity index (χ4v) is 4.04. The molecule has 0 saturated carbocycles. The van der Waals surface area contributed by atoms with Gasteiger partial charge in [0, 0.05) is 48.9 Å². The van der Waals surface area contributed by atoms with Crippen molar-refractivity contribution in [3.05, 3.63) is 60.2 Å². The van der Waals surface area contributed by atoms with Crippen LogP contribution in [0.5, 0.6) is 0 Å². The first-order valence-electron chi connectivity index (χ1n) is 9.74. The molecule has 28 heavy (non-hydrogen) atoms. The topological polar surface area (TPSA) is 56.7 Å². The van der Waals surface area contributed by atoms with Gasteiger partial charge in [-0.15, -0.1) is 0 Å². The van der Waals surface area contributed by atoms with E-state index < -0.39 is 0 Å². The Bertz CT molecular complexity index is 792. The van der Waals surface area contributed by atoms with Gasteiger partial charge in [-0.25, -0.2) is 0 Å². The van der Waals surface area contributed by atoms with E-state index in [1.165, 1.54) is 15.4 Å². The molecule has 1 fully saturated rings. The molecule has 0 bridgehead atoms. The summed E-state index contributed by atoms with van der Waals surface area (Å²) in [6.07, 6.45) is 1.52. The largest absolute Gasteiger partial charge is 0.352 e. The lowest BCUT2D eigenvalue weighted by Crippen LogP contribution is -2.44. The molecule has 1 amide bonds. The third kappa shape index (κ3) is 5.76. The first-order chi connectivity index (χ1) is 13.7. The molecule has 1 atom stereocenters. The van der Waals surface area contributed by atoms with E-state index in [1.54, 1.807) is 18.8 Å². The van der Waals surface area contributed by atoms with Gasteiger partial charge in [0.15, 0.2) is 5.96 Å². The number of likely N-dealkylation sites (tertiary alicyclic amines) is 1. The molecule has 1 heterocycles. The van der Waals surface area contributed by atoms with Crippen LogP contribution in [0.15, 0.2) is 69.4 Å². The van der Waals surface area contributed by atoms with Gasteiger partial charge in [0.25, 0.3) is 0 Å². The molecule has 5 nitrogen and oxygen atoms in total. The van der Waals surface area contributed by atoms with Crippen LogP contribution in [0.2, 0.25) is 0 Å². The van der Waals surface area contributed by atoms with Crippen LogP contribution >= 0.6 is 11.8 Å². The monoisotopic (exact) mass is 396 g/mol. The highest BCUT2D eigenvalue weighted by atomic mass is 32.2. The number of hydrogen-bond donors (Lipinski definition) is 2. The van der Waals surface area contributed by atoms with E-state index in [-0.39, 0.29) is 11.9 Å². The second kappa shape index (κ2) is 10.2. The van der Waals surface area contributed by atoms with Crippen LogP contribution in [0.1, 0.15) is 25.3 Å². The zero-order valence-corrected chi connectivity index (χ0v) is 17.3. The van der Waals surface area contributed by atoms with E-state index >= 15 is 0 Å². The average molecular weight is 397 g/mol. The second-order valence-corrected chi connectivity index (χ2v) is 7.96. The fourth-order valence-electron chi connectivity index (χ4n) is 3.20. The summed E-state index contributed by atoms with van der Waals surface area (Å²) in [6, 6.07) is 19.2. The molecule has 0 radical (unpaired) electrons. The standard InChI is InChI=1S/C22H28N4OS/c1-3-21(27)26-14-13-18(16-26)25-22(23-2)24-15-17-9-11-20(12-10-17)28-19-7-5-4-6-8-19/h4-12,18H,3,13-16H2,1-2H3,(H2,23,24,25). The molecule has 6 heteroatoms. The fraction of sp³-hybridized carbons (Fsp3) is 0.364. The normalized spacial score (nSPS) is 16.9. The quantitative estimate of drug-likeness (QED) is 0.579. The first kappa shape index (κ1) is 20.3. The van der Waals surface area contributed by atoms with Gasteiger partial charge in [-0.2, -0.15) is 0 Å². The molecular formula is C22H28N4OS. The van der Waals surface area contributed by atoms with Gasteiger partial charge in [-0.05, 0) is 36.2 Å². The van der Waals surface area contributed by atoms with Crippen LogP contribution in [0, 0.1) is 0 Å². The number of nitrogens with zero attached hydrogens (tertiary/aromatic N) is 2. The minimum absolute atomic E-state index is 0.223. The van der Waals surface area contributed by atoms with E-state index in [0.29, 0.717) is 13.0 Å². The molecule has 148 valence electrons. The Kier molecular flexibility index (Phi) is 7.37. The molecule has 1 unspecified atom stereocenters. The summed E-state index contributed by atoms with van der Waals surface area (Å²) in [6.45, 7) is 4.19. The Labute approximate surface area is 171 Å². The second-order valence-electron chi connectivity index (χ2n) is 6.81. The molecule has 0 aliphatic carbocycles. The Morgan fingerprint density at radius 2 is 1.86 bits per heavy atom. The number of hydrogen-bond acceptors (Lipinski definition) is 3. The summed E-state index contributed by atoms with van der Waals surface area (Å²) in [4.78, 5) is 20.5. The van der Waals surface area contributed by atoms with Crippen molar-refractivity contribution in [3.8, 4) is 0 Å². The molecule has 1 saturated heterocycles. The van der Waals surface area contributed by atoms with E-state index in [1.807, 2.05) is 17.9 Å². The van der Waals surface area contributed by atoms with Crippen LogP contribution in [0.3, 0.4) is 0 Å². The molecule has 0 spiro atoms. The summed E-state index contributed by atoms with van der Waals surface area (Å²) < 4.78 is 0. The van der Waals surface area contributed by atoms with Gasteiger partial charge in [-0.3, -0.25) is 9.79 Å². The Balaban J connectivity index is 1.47. The molecule has 2 aromatic carbocycles. The smallest absolute Gasteiger partial charge is 0.222 e. The summed E-state index contributed by atoms with van der Waals surface area (Å²) in [7, 11) is 1.78. The molecule has 1 aliphatic heterocycles. The minimum atomic E-state index is 0.223. The van der Waals surface area contributed by atoms with Crippen molar-refractivity contribution in [1.82, 2.24) is 15.5 Å². The van der Waals surface area contributed by atoms with Gasteiger partial charge in [0.2, 0.25) is 5.91 Å². The predicted molar refractivity (Wildman–Crippen MR) is 116 cm³/mol. The summed E-state index contributed by atoms with van der Waals surface area (Å²) in [5, 5.41) is 6.80. The Morgan fingerprint density at radius 3 is 2.54 bits per heavy atom. The highest BCUT2D eigenvalue weighted by molar-refractivity contribution is 7.99. The van der Waals surface area contributed by atoms with Crippen molar-refractivity contribution in [3.63, 3.8) is 0 Å². The van der Waals surface area contributed by atoms with E-state index in [2.05, 4.69) is 64.2 Å². The van der Waals surface area contributed by atoms with Gasteiger partial charge in [-0.1, -0.05) is 49.0 Å². The SMILES string of the molecule is CCC(=O)N1CCC(NC(=NC)NCc2ccc(Sc3ccccc3)cc2)C1. The molecule has 2 aromatic rings. The van der Waals surface area contributed by atoms with Crippen molar-refractivity contribution in [1.29, 1.82) is 0 Å². The number of nitrogens with one attached hydrogen (secondary N) is 2. The van der Waals surface area contributed by atoms with Gasteiger partial charge >= 0.3 is 0 Å². The maximum Gasteiger partial charge on any atom is 0.222 e. The van der Waals surface area contributed by atoms with Crippen molar-refractivity contribution in [2.75, 3.05) is 20.1 Å². The summed E-state index contributed by atoms with van der Waals surface area (Å²) >= 11 is 1.76. The van der Waals surface area contributed by atoms with Crippen LogP contribution in [0.4, 0.5) is 0 Å². The lowest BCUT2D eigenvalue weighted by Gasteiger charge is -2.18. The summed E-state index contributed by atoms with van der Waals surface area (Å²) in [5.74, 6) is 0.999. The number of benzene rings is 2. The highest BCUT2D eigenvalue weighted by Crippen LogP contribution is 2.27. The molecule has 3 rings (SSSR count). The Hall–Kier alpha value is -2.47. The maximum absolute atomic E-state index is 11.8. The molecule has 2 N–H and O–H groups in total. The van der Waals surface area contributed by atoms with E-state index in [4.69, 9.17) is 0 Å². The van der Waals surface area contributed by atoms with Gasteiger partial charge in [0.05, 0.1) is 0 Å². The lowest BCUT2D eigenvalue weighted by atomic mass is 10.2. The third-order valence-electron chi connectivity index (χ3n) is 4.77. The highest BCUT2D eigenvalue weighted by Gasteiger charge is 2.25. The van der Waals surface area contributed by atoms with Crippen molar-refractivity contribution < 1.29 is 4.79 Å². The number of aliphatic imine (C=N–C) groups is 1. The first-order valence-corrected chi connectivity index (χ1v) is 10.6. The van der Waals surface area contributed by atoms with Crippen LogP contribution in [0.25, 0.3) is 0 Å².